The van der Waals surface area contributed by atoms with Gasteiger partial charge < -0.3 is 9.47 Å². The summed E-state index contributed by atoms with van der Waals surface area (Å²) in [4.78, 5) is 26.0. The Bertz CT molecular complexity index is 1030. The predicted molar refractivity (Wildman–Crippen MR) is 112 cm³/mol. The van der Waals surface area contributed by atoms with Crippen molar-refractivity contribution in [2.24, 2.45) is 5.41 Å². The number of carbonyl (C=O) groups excluding carboxylic acids is 2. The summed E-state index contributed by atoms with van der Waals surface area (Å²) >= 11 is 5.89. The Balaban J connectivity index is 2.19. The van der Waals surface area contributed by atoms with Crippen LogP contribution < -0.4 is 0 Å². The molecule has 8 heteroatoms. The fourth-order valence-corrected chi connectivity index (χ4v) is 6.25. The molecule has 1 aliphatic carbocycles. The van der Waals surface area contributed by atoms with Crippen LogP contribution in [0.4, 0.5) is 0 Å². The van der Waals surface area contributed by atoms with Crippen molar-refractivity contribution < 1.29 is 27.5 Å². The summed E-state index contributed by atoms with van der Waals surface area (Å²) in [6.07, 6.45) is 0. The van der Waals surface area contributed by atoms with E-state index in [0.717, 1.165) is 5.56 Å². The van der Waals surface area contributed by atoms with Gasteiger partial charge in [0.05, 0.1) is 18.1 Å². The minimum Gasteiger partial charge on any atom is -0.465 e. The molecule has 6 nitrogen and oxygen atoms in total. The van der Waals surface area contributed by atoms with E-state index in [1.54, 1.807) is 38.1 Å². The van der Waals surface area contributed by atoms with E-state index in [4.69, 9.17) is 21.1 Å². The number of esters is 2. The third-order valence-electron chi connectivity index (χ3n) is 5.27. The minimum absolute atomic E-state index is 0.00825. The Hall–Kier alpha value is -2.38. The number of benzene rings is 2. The lowest BCUT2D eigenvalue weighted by Gasteiger charge is -2.15. The number of aryl methyl sites for hydroxylation is 1. The van der Waals surface area contributed by atoms with E-state index in [0.29, 0.717) is 10.6 Å². The van der Waals surface area contributed by atoms with Gasteiger partial charge in [0.15, 0.2) is 15.3 Å². The Morgan fingerprint density at radius 2 is 1.43 bits per heavy atom. The number of ether oxygens (including phenoxy) is 2. The molecule has 0 radical (unpaired) electrons. The fraction of sp³-hybridized carbons (Fsp3) is 0.364. The normalized spacial score (nSPS) is 19.7. The molecule has 2 aromatic rings. The molecule has 3 rings (SSSR count). The molecule has 0 amide bonds. The van der Waals surface area contributed by atoms with Crippen LogP contribution in [0.1, 0.15) is 30.9 Å². The standard InChI is InChI=1S/C22H23ClO6S/c1-4-28-20(24)22(21(25)29-5-2)18(15-8-6-14(3)7-9-15)19(22)30(26,27)17-12-10-16(23)11-13-17/h6-13,18-19H,4-5H2,1-3H3/t18-,19-/m1/s1. The lowest BCUT2D eigenvalue weighted by Crippen LogP contribution is -2.35. The van der Waals surface area contributed by atoms with E-state index in [-0.39, 0.29) is 18.1 Å². The zero-order valence-corrected chi connectivity index (χ0v) is 18.5. The lowest BCUT2D eigenvalue weighted by atomic mass is 9.98. The number of hydrogen-bond acceptors (Lipinski definition) is 6. The molecule has 1 fully saturated rings. The third kappa shape index (κ3) is 3.61. The number of halogens is 1. The van der Waals surface area contributed by atoms with E-state index in [2.05, 4.69) is 0 Å². The highest BCUT2D eigenvalue weighted by atomic mass is 35.5. The van der Waals surface area contributed by atoms with Gasteiger partial charge in [0.2, 0.25) is 0 Å². The number of carbonyl (C=O) groups is 2. The summed E-state index contributed by atoms with van der Waals surface area (Å²) in [6.45, 7) is 5.11. The van der Waals surface area contributed by atoms with Gasteiger partial charge in [-0.15, -0.1) is 0 Å². The molecule has 0 aromatic heterocycles. The van der Waals surface area contributed by atoms with E-state index in [9.17, 15) is 18.0 Å². The first-order valence-corrected chi connectivity index (χ1v) is 11.5. The summed E-state index contributed by atoms with van der Waals surface area (Å²) in [5.74, 6) is -2.70. The maximum absolute atomic E-state index is 13.5. The second kappa shape index (κ2) is 8.40. The van der Waals surface area contributed by atoms with Crippen molar-refractivity contribution in [2.75, 3.05) is 13.2 Å². The highest BCUT2D eigenvalue weighted by Gasteiger charge is 2.81. The molecule has 0 heterocycles. The average molecular weight is 451 g/mol. The monoisotopic (exact) mass is 450 g/mol. The van der Waals surface area contributed by atoms with Crippen molar-refractivity contribution in [3.63, 3.8) is 0 Å². The molecular weight excluding hydrogens is 428 g/mol. The fourth-order valence-electron chi connectivity index (χ4n) is 3.83. The Morgan fingerprint density at radius 1 is 0.933 bits per heavy atom. The van der Waals surface area contributed by atoms with E-state index in [1.165, 1.54) is 24.3 Å². The van der Waals surface area contributed by atoms with Crippen molar-refractivity contribution >= 4 is 33.4 Å². The predicted octanol–water partition coefficient (Wildman–Crippen LogP) is 3.70. The van der Waals surface area contributed by atoms with Gasteiger partial charge in [-0.25, -0.2) is 8.42 Å². The summed E-state index contributed by atoms with van der Waals surface area (Å²) in [5.41, 5.74) is -0.432. The van der Waals surface area contributed by atoms with Crippen molar-refractivity contribution in [1.82, 2.24) is 0 Å². The molecule has 30 heavy (non-hydrogen) atoms. The van der Waals surface area contributed by atoms with Crippen LogP contribution in [0, 0.1) is 12.3 Å². The van der Waals surface area contributed by atoms with E-state index in [1.807, 2.05) is 6.92 Å². The molecule has 0 saturated heterocycles. The second-order valence-electron chi connectivity index (χ2n) is 7.12. The highest BCUT2D eigenvalue weighted by Crippen LogP contribution is 2.65. The first-order valence-electron chi connectivity index (χ1n) is 9.61. The maximum atomic E-state index is 13.5. The Kier molecular flexibility index (Phi) is 6.24. The van der Waals surface area contributed by atoms with Gasteiger partial charge in [0, 0.05) is 10.9 Å². The smallest absolute Gasteiger partial charge is 0.325 e. The molecule has 0 N–H and O–H groups in total. The van der Waals surface area contributed by atoms with Crippen LogP contribution in [0.25, 0.3) is 0 Å². The van der Waals surface area contributed by atoms with Crippen molar-refractivity contribution in [2.45, 2.75) is 36.8 Å². The second-order valence-corrected chi connectivity index (χ2v) is 9.62. The lowest BCUT2D eigenvalue weighted by molar-refractivity contribution is -0.164. The topological polar surface area (TPSA) is 86.7 Å². The zero-order chi connectivity index (χ0) is 22.1. The van der Waals surface area contributed by atoms with Crippen LogP contribution in [0.3, 0.4) is 0 Å². The molecule has 0 spiro atoms. The summed E-state index contributed by atoms with van der Waals surface area (Å²) in [5, 5.41) is -0.964. The highest BCUT2D eigenvalue weighted by molar-refractivity contribution is 7.92. The van der Waals surface area contributed by atoms with Crippen molar-refractivity contribution in [1.29, 1.82) is 0 Å². The molecular formula is C22H23ClO6S. The largest absolute Gasteiger partial charge is 0.465 e. The summed E-state index contributed by atoms with van der Waals surface area (Å²) in [6, 6.07) is 12.7. The van der Waals surface area contributed by atoms with E-state index < -0.39 is 38.4 Å². The molecule has 1 saturated carbocycles. The first kappa shape index (κ1) is 22.3. The van der Waals surface area contributed by atoms with Crippen LogP contribution in [-0.2, 0) is 28.9 Å². The van der Waals surface area contributed by atoms with Gasteiger partial charge in [-0.2, -0.15) is 0 Å². The van der Waals surface area contributed by atoms with Gasteiger partial charge in [-0.3, -0.25) is 9.59 Å². The quantitative estimate of drug-likeness (QED) is 0.472. The van der Waals surface area contributed by atoms with Crippen LogP contribution in [-0.4, -0.2) is 38.8 Å². The first-order chi connectivity index (χ1) is 14.2. The molecule has 0 unspecified atom stereocenters. The van der Waals surface area contributed by atoms with Gasteiger partial charge in [0.25, 0.3) is 0 Å². The molecule has 160 valence electrons. The average Bonchev–Trinajstić information content (AvgIpc) is 3.42. The van der Waals surface area contributed by atoms with Crippen LogP contribution in [0.15, 0.2) is 53.4 Å². The van der Waals surface area contributed by atoms with Gasteiger partial charge in [0.1, 0.15) is 5.25 Å². The number of hydrogen-bond donors (Lipinski definition) is 0. The van der Waals surface area contributed by atoms with E-state index >= 15 is 0 Å². The Labute approximate surface area is 181 Å². The summed E-state index contributed by atoms with van der Waals surface area (Å²) < 4.78 is 37.4. The number of sulfone groups is 1. The van der Waals surface area contributed by atoms with Crippen LogP contribution >= 0.6 is 11.6 Å². The molecule has 0 bridgehead atoms. The maximum Gasteiger partial charge on any atom is 0.325 e. The molecule has 2 atom stereocenters. The molecule has 0 aliphatic heterocycles. The van der Waals surface area contributed by atoms with Crippen molar-refractivity contribution in [3.05, 3.63) is 64.7 Å². The number of rotatable bonds is 7. The van der Waals surface area contributed by atoms with Crippen LogP contribution in [0.2, 0.25) is 5.02 Å². The molecule has 1 aliphatic rings. The Morgan fingerprint density at radius 3 is 1.90 bits per heavy atom. The van der Waals surface area contributed by atoms with Gasteiger partial charge in [-0.1, -0.05) is 41.4 Å². The molecule has 2 aromatic carbocycles. The zero-order valence-electron chi connectivity index (χ0n) is 16.9. The van der Waals surface area contributed by atoms with Gasteiger partial charge in [-0.05, 0) is 50.6 Å². The van der Waals surface area contributed by atoms with Crippen LogP contribution in [0.5, 0.6) is 0 Å². The SMILES string of the molecule is CCOC(=O)C1(C(=O)OCC)[C@H](c2ccc(C)cc2)[C@H]1S(=O)(=O)c1ccc(Cl)cc1. The van der Waals surface area contributed by atoms with Gasteiger partial charge >= 0.3 is 11.9 Å². The summed E-state index contributed by atoms with van der Waals surface area (Å²) in [7, 11) is -4.08. The third-order valence-corrected chi connectivity index (χ3v) is 7.77. The minimum atomic E-state index is -4.08. The van der Waals surface area contributed by atoms with Crippen molar-refractivity contribution in [3.8, 4) is 0 Å².